The van der Waals surface area contributed by atoms with Crippen LogP contribution < -0.4 is 4.90 Å². The third kappa shape index (κ3) is 4.56. The first-order valence-corrected chi connectivity index (χ1v) is 15.6. The van der Waals surface area contributed by atoms with Gasteiger partial charge in [0.2, 0.25) is 0 Å². The summed E-state index contributed by atoms with van der Waals surface area (Å²) in [6.07, 6.45) is 0. The largest absolute Gasteiger partial charge is 0.310 e. The molecule has 0 amide bonds. The molecule has 214 valence electrons. The summed E-state index contributed by atoms with van der Waals surface area (Å²) in [4.78, 5) is 2.44. The summed E-state index contributed by atoms with van der Waals surface area (Å²) in [5, 5.41) is 0. The SMILES string of the molecule is C[C@]1(c2ccccc2)c2ccccc2-c2c(N(c3ccc(-c4ccccc4)cc3)c3cccc(-c4ccccc4)c3)cccc21. The second-order valence-electron chi connectivity index (χ2n) is 11.9. The maximum absolute atomic E-state index is 2.44. The van der Waals surface area contributed by atoms with Crippen molar-refractivity contribution in [3.63, 3.8) is 0 Å². The van der Waals surface area contributed by atoms with Crippen LogP contribution in [0.25, 0.3) is 33.4 Å². The molecule has 1 aliphatic rings. The lowest BCUT2D eigenvalue weighted by molar-refractivity contribution is 0.714. The van der Waals surface area contributed by atoms with Crippen molar-refractivity contribution in [2.24, 2.45) is 0 Å². The van der Waals surface area contributed by atoms with Crippen molar-refractivity contribution in [3.8, 4) is 33.4 Å². The van der Waals surface area contributed by atoms with Crippen LogP contribution in [0.15, 0.2) is 182 Å². The third-order valence-corrected chi connectivity index (χ3v) is 9.35. The summed E-state index contributed by atoms with van der Waals surface area (Å²) in [6, 6.07) is 65.9. The smallest absolute Gasteiger partial charge is 0.0543 e. The normalized spacial score (nSPS) is 14.9. The summed E-state index contributed by atoms with van der Waals surface area (Å²) < 4.78 is 0. The molecule has 0 aromatic heterocycles. The highest BCUT2D eigenvalue weighted by atomic mass is 15.1. The molecule has 7 aromatic carbocycles. The maximum atomic E-state index is 2.44. The number of nitrogens with zero attached hydrogens (tertiary/aromatic N) is 1. The summed E-state index contributed by atoms with van der Waals surface area (Å²) >= 11 is 0. The number of fused-ring (bicyclic) bond motifs is 3. The Labute approximate surface area is 265 Å². The maximum Gasteiger partial charge on any atom is 0.0543 e. The highest BCUT2D eigenvalue weighted by Crippen LogP contribution is 2.56. The highest BCUT2D eigenvalue weighted by Gasteiger charge is 2.42. The fourth-order valence-electron chi connectivity index (χ4n) is 7.11. The second kappa shape index (κ2) is 11.1. The Balaban J connectivity index is 1.36. The zero-order valence-electron chi connectivity index (χ0n) is 25.3. The highest BCUT2D eigenvalue weighted by molar-refractivity contribution is 5.96. The van der Waals surface area contributed by atoms with Gasteiger partial charge >= 0.3 is 0 Å². The fraction of sp³-hybridized carbons (Fsp3) is 0.0455. The van der Waals surface area contributed by atoms with E-state index in [2.05, 4.69) is 194 Å². The molecule has 0 unspecified atom stereocenters. The molecule has 0 heterocycles. The van der Waals surface area contributed by atoms with Crippen LogP contribution in [0, 0.1) is 0 Å². The van der Waals surface area contributed by atoms with Gasteiger partial charge in [0.15, 0.2) is 0 Å². The van der Waals surface area contributed by atoms with Gasteiger partial charge < -0.3 is 4.90 Å². The minimum atomic E-state index is -0.266. The van der Waals surface area contributed by atoms with E-state index in [0.29, 0.717) is 0 Å². The standard InChI is InChI=1S/C44H33N/c1-44(36-20-9-4-10-21-36)40-24-12-11-23-39(40)43-41(44)25-14-26-42(43)45(37-29-27-34(28-30-37)32-15-5-2-6-16-32)38-22-13-19-35(31-38)33-17-7-3-8-18-33/h2-31H,1H3/t44-/m0/s1. The van der Waals surface area contributed by atoms with Crippen LogP contribution in [0.3, 0.4) is 0 Å². The Kier molecular flexibility index (Phi) is 6.65. The van der Waals surface area contributed by atoms with E-state index in [0.717, 1.165) is 11.4 Å². The van der Waals surface area contributed by atoms with Gasteiger partial charge in [0.1, 0.15) is 0 Å². The molecule has 0 saturated carbocycles. The third-order valence-electron chi connectivity index (χ3n) is 9.35. The van der Waals surface area contributed by atoms with Gasteiger partial charge in [-0.15, -0.1) is 0 Å². The minimum absolute atomic E-state index is 0.266. The van der Waals surface area contributed by atoms with Crippen molar-refractivity contribution in [2.45, 2.75) is 12.3 Å². The molecule has 0 radical (unpaired) electrons. The van der Waals surface area contributed by atoms with Gasteiger partial charge in [-0.25, -0.2) is 0 Å². The molecule has 0 bridgehead atoms. The van der Waals surface area contributed by atoms with Crippen molar-refractivity contribution in [3.05, 3.63) is 199 Å². The van der Waals surface area contributed by atoms with Gasteiger partial charge in [-0.3, -0.25) is 0 Å². The van der Waals surface area contributed by atoms with E-state index in [9.17, 15) is 0 Å². The quantitative estimate of drug-likeness (QED) is 0.191. The first-order chi connectivity index (χ1) is 22.2. The summed E-state index contributed by atoms with van der Waals surface area (Å²) in [5.74, 6) is 0. The Morgan fingerprint density at radius 3 is 1.64 bits per heavy atom. The molecule has 0 N–H and O–H groups in total. The van der Waals surface area contributed by atoms with Gasteiger partial charge in [0, 0.05) is 22.4 Å². The molecule has 1 atom stereocenters. The topological polar surface area (TPSA) is 3.24 Å². The lowest BCUT2D eigenvalue weighted by Crippen LogP contribution is -2.22. The molecule has 7 aromatic rings. The predicted octanol–water partition coefficient (Wildman–Crippen LogP) is 11.8. The number of rotatable bonds is 6. The molecular weight excluding hydrogens is 542 g/mol. The van der Waals surface area contributed by atoms with E-state index in [1.807, 2.05) is 0 Å². The van der Waals surface area contributed by atoms with E-state index in [-0.39, 0.29) is 5.41 Å². The van der Waals surface area contributed by atoms with E-state index >= 15 is 0 Å². The lowest BCUT2D eigenvalue weighted by atomic mass is 9.74. The van der Waals surface area contributed by atoms with Crippen molar-refractivity contribution >= 4 is 17.1 Å². The van der Waals surface area contributed by atoms with Crippen LogP contribution in [-0.2, 0) is 5.41 Å². The van der Waals surface area contributed by atoms with Gasteiger partial charge in [-0.2, -0.15) is 0 Å². The second-order valence-corrected chi connectivity index (χ2v) is 11.9. The van der Waals surface area contributed by atoms with E-state index in [1.54, 1.807) is 0 Å². The minimum Gasteiger partial charge on any atom is -0.310 e. The Morgan fingerprint density at radius 2 is 0.933 bits per heavy atom. The summed E-state index contributed by atoms with van der Waals surface area (Å²) in [6.45, 7) is 2.38. The summed E-state index contributed by atoms with van der Waals surface area (Å²) in [7, 11) is 0. The van der Waals surface area contributed by atoms with Crippen molar-refractivity contribution in [1.82, 2.24) is 0 Å². The van der Waals surface area contributed by atoms with Crippen LogP contribution >= 0.6 is 0 Å². The van der Waals surface area contributed by atoms with Crippen molar-refractivity contribution < 1.29 is 0 Å². The molecule has 1 nitrogen and oxygen atoms in total. The van der Waals surface area contributed by atoms with Gasteiger partial charge in [0.05, 0.1) is 5.69 Å². The molecule has 1 heteroatoms. The first-order valence-electron chi connectivity index (χ1n) is 15.6. The van der Waals surface area contributed by atoms with Gasteiger partial charge in [-0.1, -0.05) is 152 Å². The Hall–Kier alpha value is -5.66. The van der Waals surface area contributed by atoms with Crippen LogP contribution in [0.2, 0.25) is 0 Å². The van der Waals surface area contributed by atoms with Crippen LogP contribution in [0.4, 0.5) is 17.1 Å². The zero-order valence-corrected chi connectivity index (χ0v) is 25.3. The summed E-state index contributed by atoms with van der Waals surface area (Å²) in [5.41, 5.74) is 14.5. The molecular formula is C44H33N. The average molecular weight is 576 g/mol. The van der Waals surface area contributed by atoms with E-state index in [4.69, 9.17) is 0 Å². The van der Waals surface area contributed by atoms with E-state index < -0.39 is 0 Å². The van der Waals surface area contributed by atoms with E-state index in [1.165, 1.54) is 55.8 Å². The van der Waals surface area contributed by atoms with Crippen LogP contribution in [-0.4, -0.2) is 0 Å². The molecule has 0 fully saturated rings. The fourth-order valence-corrected chi connectivity index (χ4v) is 7.11. The Bertz CT molecular complexity index is 2100. The molecule has 45 heavy (non-hydrogen) atoms. The molecule has 0 saturated heterocycles. The number of hydrogen-bond donors (Lipinski definition) is 0. The molecule has 8 rings (SSSR count). The average Bonchev–Trinajstić information content (AvgIpc) is 3.39. The van der Waals surface area contributed by atoms with Crippen LogP contribution in [0.5, 0.6) is 0 Å². The predicted molar refractivity (Wildman–Crippen MR) is 189 cm³/mol. The Morgan fingerprint density at radius 1 is 0.400 bits per heavy atom. The number of benzene rings is 7. The molecule has 1 aliphatic carbocycles. The lowest BCUT2D eigenvalue weighted by Gasteiger charge is -2.30. The monoisotopic (exact) mass is 575 g/mol. The van der Waals surface area contributed by atoms with Crippen molar-refractivity contribution in [2.75, 3.05) is 4.90 Å². The first kappa shape index (κ1) is 26.9. The zero-order chi connectivity index (χ0) is 30.2. The molecule has 0 spiro atoms. The number of hydrogen-bond acceptors (Lipinski definition) is 1. The van der Waals surface area contributed by atoms with Crippen molar-refractivity contribution in [1.29, 1.82) is 0 Å². The van der Waals surface area contributed by atoms with Gasteiger partial charge in [0.25, 0.3) is 0 Å². The van der Waals surface area contributed by atoms with Crippen LogP contribution in [0.1, 0.15) is 23.6 Å². The molecule has 0 aliphatic heterocycles. The van der Waals surface area contributed by atoms with Gasteiger partial charge in [-0.05, 0) is 81.8 Å². The number of anilines is 3.